The first kappa shape index (κ1) is 20.1. The topological polar surface area (TPSA) is 127 Å². The fourth-order valence-electron chi connectivity index (χ4n) is 3.38. The predicted octanol–water partition coefficient (Wildman–Crippen LogP) is 4.02. The monoisotopic (exact) mass is 446 g/mol. The fraction of sp³-hybridized carbons (Fsp3) is 0. The zero-order chi connectivity index (χ0) is 21.5. The molecule has 2 N–H and O–H groups in total. The van der Waals surface area contributed by atoms with Gasteiger partial charge < -0.3 is 8.37 Å². The van der Waals surface area contributed by atoms with Crippen molar-refractivity contribution in [2.45, 2.75) is 0 Å². The van der Waals surface area contributed by atoms with E-state index in [1.807, 2.05) is 0 Å². The van der Waals surface area contributed by atoms with Gasteiger partial charge in [0, 0.05) is 11.1 Å². The lowest BCUT2D eigenvalue weighted by molar-refractivity contribution is 0.383. The number of benzene rings is 4. The van der Waals surface area contributed by atoms with Crippen LogP contribution in [0.5, 0.6) is 11.5 Å². The minimum absolute atomic E-state index is 0.168. The Kier molecular flexibility index (Phi) is 4.86. The highest BCUT2D eigenvalue weighted by atomic mass is 32.3. The minimum Gasteiger partial charge on any atom is -0.361 e. The lowest BCUT2D eigenvalue weighted by atomic mass is 9.92. The Morgan fingerprint density at radius 2 is 0.900 bits per heavy atom. The van der Waals surface area contributed by atoms with Gasteiger partial charge in [-0.25, -0.2) is 0 Å². The molecule has 0 atom stereocenters. The van der Waals surface area contributed by atoms with Gasteiger partial charge in [0.2, 0.25) is 0 Å². The summed E-state index contributed by atoms with van der Waals surface area (Å²) in [6.07, 6.45) is 0. The van der Waals surface area contributed by atoms with E-state index in [1.54, 1.807) is 60.7 Å². The van der Waals surface area contributed by atoms with Gasteiger partial charge in [-0.3, -0.25) is 9.11 Å². The summed E-state index contributed by atoms with van der Waals surface area (Å²) in [5, 5.41) is 2.41. The summed E-state index contributed by atoms with van der Waals surface area (Å²) in [4.78, 5) is 0. The largest absolute Gasteiger partial charge is 0.446 e. The van der Waals surface area contributed by atoms with Crippen molar-refractivity contribution in [1.29, 1.82) is 0 Å². The molecule has 0 bridgehead atoms. The lowest BCUT2D eigenvalue weighted by Crippen LogP contribution is -2.10. The summed E-state index contributed by atoms with van der Waals surface area (Å²) in [6, 6.07) is 19.7. The number of rotatable bonds is 5. The first-order chi connectivity index (χ1) is 14.1. The van der Waals surface area contributed by atoms with E-state index in [4.69, 9.17) is 8.37 Å². The van der Waals surface area contributed by atoms with Crippen LogP contribution in [-0.2, 0) is 20.8 Å². The molecule has 4 aromatic rings. The first-order valence-electron chi connectivity index (χ1n) is 8.50. The quantitative estimate of drug-likeness (QED) is 0.440. The maximum absolute atomic E-state index is 11.5. The van der Waals surface area contributed by atoms with E-state index in [0.717, 1.165) is 0 Å². The second-order valence-electron chi connectivity index (χ2n) is 6.34. The highest BCUT2D eigenvalue weighted by Gasteiger charge is 2.23. The smallest absolute Gasteiger partial charge is 0.361 e. The van der Waals surface area contributed by atoms with Crippen molar-refractivity contribution in [3.8, 4) is 22.6 Å². The maximum Gasteiger partial charge on any atom is 0.446 e. The molecule has 0 aliphatic rings. The van der Waals surface area contributed by atoms with E-state index >= 15 is 0 Å². The maximum atomic E-state index is 11.5. The Hall–Kier alpha value is -3.18. The molecular formula is C20H14O8S2. The van der Waals surface area contributed by atoms with Crippen molar-refractivity contribution in [3.05, 3.63) is 72.8 Å². The Balaban J connectivity index is 2.18. The third kappa shape index (κ3) is 4.07. The average Bonchev–Trinajstić information content (AvgIpc) is 2.66. The van der Waals surface area contributed by atoms with E-state index < -0.39 is 20.8 Å². The summed E-state index contributed by atoms with van der Waals surface area (Å²) in [6.45, 7) is 0. The standard InChI is InChI=1S/C20H14O8S2/c21-29(22,23)27-17-11-9-13-5-1-3-7-15(13)19(17)20-16-8-4-2-6-14(16)10-12-18(20)28-30(24,25)26/h1-12H,(H,21,22,23)(H,24,25,26). The molecule has 0 heterocycles. The van der Waals surface area contributed by atoms with Crippen LogP contribution in [0.4, 0.5) is 0 Å². The molecule has 0 aliphatic carbocycles. The molecule has 10 heteroatoms. The molecule has 8 nitrogen and oxygen atoms in total. The average molecular weight is 446 g/mol. The van der Waals surface area contributed by atoms with Crippen LogP contribution in [-0.4, -0.2) is 25.9 Å². The fourth-order valence-corrected chi connectivity index (χ4v) is 4.12. The Bertz CT molecular complexity index is 1380. The van der Waals surface area contributed by atoms with E-state index in [1.165, 1.54) is 12.1 Å². The second kappa shape index (κ2) is 7.26. The highest BCUT2D eigenvalue weighted by Crippen LogP contribution is 2.46. The molecule has 4 rings (SSSR count). The molecule has 0 fully saturated rings. The van der Waals surface area contributed by atoms with Crippen LogP contribution in [0.15, 0.2) is 72.8 Å². The molecule has 154 valence electrons. The van der Waals surface area contributed by atoms with Crippen molar-refractivity contribution in [2.75, 3.05) is 0 Å². The van der Waals surface area contributed by atoms with Crippen LogP contribution in [0.3, 0.4) is 0 Å². The molecule has 0 aromatic heterocycles. The summed E-state index contributed by atoms with van der Waals surface area (Å²) in [7, 11) is -9.77. The SMILES string of the molecule is O=S(=O)(O)Oc1ccc2ccccc2c1-c1c(OS(=O)(=O)O)ccc2ccccc12. The molecule has 4 aromatic carbocycles. The highest BCUT2D eigenvalue weighted by molar-refractivity contribution is 7.81. The van der Waals surface area contributed by atoms with E-state index in [0.29, 0.717) is 21.5 Å². The Morgan fingerprint density at radius 1 is 0.533 bits per heavy atom. The van der Waals surface area contributed by atoms with E-state index in [2.05, 4.69) is 0 Å². The zero-order valence-corrected chi connectivity index (χ0v) is 16.7. The van der Waals surface area contributed by atoms with Crippen LogP contribution < -0.4 is 8.37 Å². The van der Waals surface area contributed by atoms with Gasteiger partial charge >= 0.3 is 20.8 Å². The molecule has 30 heavy (non-hydrogen) atoms. The summed E-state index contributed by atoms with van der Waals surface area (Å²) >= 11 is 0. The Morgan fingerprint density at radius 3 is 1.27 bits per heavy atom. The van der Waals surface area contributed by atoms with Crippen LogP contribution in [0, 0.1) is 0 Å². The van der Waals surface area contributed by atoms with Crippen LogP contribution >= 0.6 is 0 Å². The van der Waals surface area contributed by atoms with Gasteiger partial charge in [-0.2, -0.15) is 16.8 Å². The third-order valence-electron chi connectivity index (χ3n) is 4.42. The van der Waals surface area contributed by atoms with Gasteiger partial charge in [-0.1, -0.05) is 60.7 Å². The van der Waals surface area contributed by atoms with Crippen LogP contribution in [0.25, 0.3) is 32.7 Å². The van der Waals surface area contributed by atoms with Gasteiger partial charge in [0.15, 0.2) is 11.5 Å². The lowest BCUT2D eigenvalue weighted by Gasteiger charge is -2.17. The van der Waals surface area contributed by atoms with Gasteiger partial charge in [-0.05, 0) is 33.7 Å². The van der Waals surface area contributed by atoms with Gasteiger partial charge in [0.25, 0.3) is 0 Å². The Labute approximate surface area is 172 Å². The molecule has 0 unspecified atom stereocenters. The van der Waals surface area contributed by atoms with Gasteiger partial charge in [0.1, 0.15) is 0 Å². The molecule has 0 spiro atoms. The molecule has 0 aliphatic heterocycles. The number of fused-ring (bicyclic) bond motifs is 2. The van der Waals surface area contributed by atoms with Crippen LogP contribution in [0.1, 0.15) is 0 Å². The van der Waals surface area contributed by atoms with Crippen molar-refractivity contribution < 1.29 is 34.3 Å². The molecule has 0 amide bonds. The minimum atomic E-state index is -4.89. The summed E-state index contributed by atoms with van der Waals surface area (Å²) in [5.74, 6) is -0.486. The summed E-state index contributed by atoms with van der Waals surface area (Å²) in [5.41, 5.74) is 0.336. The zero-order valence-electron chi connectivity index (χ0n) is 15.1. The van der Waals surface area contributed by atoms with E-state index in [-0.39, 0.29) is 22.6 Å². The predicted molar refractivity (Wildman–Crippen MR) is 111 cm³/mol. The molecular weight excluding hydrogens is 432 g/mol. The molecule has 0 radical (unpaired) electrons. The third-order valence-corrected chi connectivity index (χ3v) is 5.20. The molecule has 0 saturated carbocycles. The van der Waals surface area contributed by atoms with Crippen molar-refractivity contribution in [2.24, 2.45) is 0 Å². The van der Waals surface area contributed by atoms with E-state index in [9.17, 15) is 25.9 Å². The molecule has 0 saturated heterocycles. The van der Waals surface area contributed by atoms with Gasteiger partial charge in [-0.15, -0.1) is 0 Å². The van der Waals surface area contributed by atoms with Gasteiger partial charge in [0.05, 0.1) is 0 Å². The number of hydrogen-bond donors (Lipinski definition) is 2. The van der Waals surface area contributed by atoms with Crippen molar-refractivity contribution in [1.82, 2.24) is 0 Å². The number of hydrogen-bond acceptors (Lipinski definition) is 6. The first-order valence-corrected chi connectivity index (χ1v) is 11.2. The summed E-state index contributed by atoms with van der Waals surface area (Å²) < 4.78 is 74.0. The van der Waals surface area contributed by atoms with Crippen molar-refractivity contribution >= 4 is 42.3 Å². The van der Waals surface area contributed by atoms with Crippen LogP contribution in [0.2, 0.25) is 0 Å². The normalized spacial score (nSPS) is 12.2. The van der Waals surface area contributed by atoms with Crippen molar-refractivity contribution in [3.63, 3.8) is 0 Å². The second-order valence-corrected chi connectivity index (χ2v) is 8.39.